The maximum Gasteiger partial charge on any atom is 0.733 e. The van der Waals surface area contributed by atoms with Gasteiger partial charge in [0.25, 0.3) is 0 Å². The monoisotopic (exact) mass is 506 g/mol. The summed E-state index contributed by atoms with van der Waals surface area (Å²) in [5.74, 6) is 1.69. The number of hydrogen-bond donors (Lipinski definition) is 0. The molecule has 0 aliphatic carbocycles. The normalized spacial score (nSPS) is 15.8. The molecule has 0 N–H and O–H groups in total. The fourth-order valence-corrected chi connectivity index (χ4v) is 8.63. The summed E-state index contributed by atoms with van der Waals surface area (Å²) in [6, 6.07) is 34.2. The average molecular weight is 507 g/mol. The number of fused-ring (bicyclic) bond motifs is 2. The molecule has 0 amide bonds. The van der Waals surface area contributed by atoms with E-state index >= 15 is 0 Å². The molecule has 0 saturated heterocycles. The molecule has 5 heteroatoms. The number of anilines is 4. The van der Waals surface area contributed by atoms with E-state index in [0.717, 1.165) is 34.2 Å². The predicted molar refractivity (Wildman–Crippen MR) is 154 cm³/mol. The zero-order valence-electron chi connectivity index (χ0n) is 22.4. The lowest BCUT2D eigenvalue weighted by Gasteiger charge is -2.36. The van der Waals surface area contributed by atoms with E-state index in [1.807, 2.05) is 24.3 Å². The molecule has 2 heterocycles. The fourth-order valence-electron chi connectivity index (χ4n) is 5.18. The van der Waals surface area contributed by atoms with Crippen LogP contribution >= 0.6 is 0 Å². The van der Waals surface area contributed by atoms with E-state index in [1.165, 1.54) is 11.1 Å². The zero-order valence-corrected chi connectivity index (χ0v) is 23.4. The average Bonchev–Trinajstić information content (AvgIpc) is 3.36. The van der Waals surface area contributed by atoms with Gasteiger partial charge in [0, 0.05) is 11.4 Å². The summed E-state index contributed by atoms with van der Waals surface area (Å²) >= 11 is 0. The summed E-state index contributed by atoms with van der Waals surface area (Å²) < 4.78 is 18.5. The number of rotatable bonds is 2. The first-order valence-corrected chi connectivity index (χ1v) is 14.7. The van der Waals surface area contributed by atoms with Gasteiger partial charge in [0.05, 0.1) is 11.4 Å². The van der Waals surface area contributed by atoms with Crippen LogP contribution in [0.25, 0.3) is 0 Å². The molecule has 37 heavy (non-hydrogen) atoms. The van der Waals surface area contributed by atoms with E-state index in [4.69, 9.17) is 8.85 Å². The van der Waals surface area contributed by atoms with Crippen molar-refractivity contribution in [3.05, 3.63) is 108 Å². The van der Waals surface area contributed by atoms with Crippen LogP contribution in [0.4, 0.5) is 22.7 Å². The standard InChI is InChI=1S/C32H34N2O2Si/c1-31(2,3)23-15-19-25(20-16-23)33-27-11-7-9-13-29(27)35-37(33)34(28-12-8-10-14-30(28)36-37)26-21-17-24(18-22-26)32(4,5)6/h7-22H,1-6H3. The number of para-hydroxylation sites is 4. The van der Waals surface area contributed by atoms with E-state index in [2.05, 4.69) is 123 Å². The van der Waals surface area contributed by atoms with Crippen LogP contribution in [0.5, 0.6) is 11.5 Å². The maximum absolute atomic E-state index is 6.94. The number of nitrogens with zero attached hydrogens (tertiary/aromatic N) is 2. The molecule has 2 aliphatic rings. The molecule has 0 atom stereocenters. The number of hydrogen-bond acceptors (Lipinski definition) is 4. The van der Waals surface area contributed by atoms with Crippen molar-refractivity contribution in [2.45, 2.75) is 52.4 Å². The molecule has 1 spiro atoms. The van der Waals surface area contributed by atoms with Crippen molar-refractivity contribution in [3.63, 3.8) is 0 Å². The highest BCUT2D eigenvalue weighted by atomic mass is 28.4. The molecule has 4 aromatic carbocycles. The van der Waals surface area contributed by atoms with Crippen LogP contribution < -0.4 is 18.0 Å². The van der Waals surface area contributed by atoms with Crippen LogP contribution in [-0.2, 0) is 10.8 Å². The zero-order chi connectivity index (χ0) is 26.0. The SMILES string of the molecule is CC(C)(C)c1ccc(N2c3ccccc3O[Si]23Oc2ccccc2N3c2ccc(C(C)(C)C)cc2)cc1. The van der Waals surface area contributed by atoms with E-state index in [9.17, 15) is 0 Å². The van der Waals surface area contributed by atoms with Gasteiger partial charge in [0.1, 0.15) is 11.5 Å². The van der Waals surface area contributed by atoms with E-state index < -0.39 is 8.88 Å². The Hall–Kier alpha value is -3.70. The van der Waals surface area contributed by atoms with Crippen molar-refractivity contribution in [2.24, 2.45) is 0 Å². The molecule has 0 bridgehead atoms. The highest BCUT2D eigenvalue weighted by Crippen LogP contribution is 2.54. The summed E-state index contributed by atoms with van der Waals surface area (Å²) in [6.45, 7) is 13.5. The van der Waals surface area contributed by atoms with Crippen molar-refractivity contribution in [3.8, 4) is 11.5 Å². The summed E-state index contributed by atoms with van der Waals surface area (Å²) in [7, 11) is -3.28. The highest BCUT2D eigenvalue weighted by Gasteiger charge is 2.68. The van der Waals surface area contributed by atoms with Crippen molar-refractivity contribution in [1.29, 1.82) is 0 Å². The molecule has 0 unspecified atom stereocenters. The van der Waals surface area contributed by atoms with Gasteiger partial charge >= 0.3 is 8.88 Å². The maximum atomic E-state index is 6.94. The molecule has 0 fully saturated rings. The lowest BCUT2D eigenvalue weighted by molar-refractivity contribution is 0.413. The molecular formula is C32H34N2O2Si. The van der Waals surface area contributed by atoms with Gasteiger partial charge in [-0.25, -0.2) is 0 Å². The summed E-state index contributed by atoms with van der Waals surface area (Å²) in [5, 5.41) is 0. The van der Waals surface area contributed by atoms with E-state index in [-0.39, 0.29) is 10.8 Å². The van der Waals surface area contributed by atoms with Gasteiger partial charge in [0.15, 0.2) is 0 Å². The van der Waals surface area contributed by atoms with Crippen LogP contribution in [-0.4, -0.2) is 8.88 Å². The van der Waals surface area contributed by atoms with Crippen LogP contribution in [0.3, 0.4) is 0 Å². The van der Waals surface area contributed by atoms with Gasteiger partial charge in [-0.1, -0.05) is 90.1 Å². The Bertz CT molecular complexity index is 1340. The van der Waals surface area contributed by atoms with Gasteiger partial charge in [0.2, 0.25) is 0 Å². The Balaban J connectivity index is 1.54. The first-order chi connectivity index (χ1) is 17.6. The van der Waals surface area contributed by atoms with Crippen LogP contribution in [0.1, 0.15) is 52.7 Å². The lowest BCUT2D eigenvalue weighted by Crippen LogP contribution is -2.67. The second kappa shape index (κ2) is 8.15. The van der Waals surface area contributed by atoms with Crippen molar-refractivity contribution in [1.82, 2.24) is 0 Å². The van der Waals surface area contributed by atoms with Crippen LogP contribution in [0.2, 0.25) is 0 Å². The minimum Gasteiger partial charge on any atom is -0.478 e. The first kappa shape index (κ1) is 23.7. The Morgan fingerprint density at radius 3 is 1.19 bits per heavy atom. The Labute approximate surface area is 221 Å². The Kier molecular flexibility index (Phi) is 5.22. The fraction of sp³-hybridized carbons (Fsp3) is 0.250. The summed E-state index contributed by atoms with van der Waals surface area (Å²) in [4.78, 5) is 0. The minimum absolute atomic E-state index is 0.0774. The smallest absolute Gasteiger partial charge is 0.478 e. The van der Waals surface area contributed by atoms with Gasteiger partial charge in [-0.3, -0.25) is 9.13 Å². The molecule has 0 radical (unpaired) electrons. The second-order valence-electron chi connectivity index (χ2n) is 12.0. The lowest BCUT2D eigenvalue weighted by atomic mass is 9.87. The number of benzene rings is 4. The third-order valence-corrected chi connectivity index (χ3v) is 10.3. The molecule has 4 nitrogen and oxygen atoms in total. The van der Waals surface area contributed by atoms with Crippen molar-refractivity contribution >= 4 is 31.6 Å². The highest BCUT2D eigenvalue weighted by molar-refractivity contribution is 6.81. The van der Waals surface area contributed by atoms with Gasteiger partial charge < -0.3 is 8.85 Å². The molecule has 4 aromatic rings. The van der Waals surface area contributed by atoms with E-state index in [0.29, 0.717) is 0 Å². The quantitative estimate of drug-likeness (QED) is 0.255. The minimum atomic E-state index is -3.28. The molecule has 6 rings (SSSR count). The van der Waals surface area contributed by atoms with E-state index in [1.54, 1.807) is 0 Å². The molecule has 0 aromatic heterocycles. The Morgan fingerprint density at radius 1 is 0.486 bits per heavy atom. The molecule has 0 saturated carbocycles. The van der Waals surface area contributed by atoms with Crippen LogP contribution in [0, 0.1) is 0 Å². The topological polar surface area (TPSA) is 24.9 Å². The van der Waals surface area contributed by atoms with Gasteiger partial charge in [-0.2, -0.15) is 0 Å². The first-order valence-electron chi connectivity index (χ1n) is 13.0. The van der Waals surface area contributed by atoms with Crippen molar-refractivity contribution in [2.75, 3.05) is 9.13 Å². The molecule has 188 valence electrons. The van der Waals surface area contributed by atoms with Crippen LogP contribution in [0.15, 0.2) is 97.1 Å². The molecular weight excluding hydrogens is 472 g/mol. The third-order valence-electron chi connectivity index (χ3n) is 7.25. The van der Waals surface area contributed by atoms with Gasteiger partial charge in [-0.05, 0) is 70.5 Å². The summed E-state index contributed by atoms with van der Waals surface area (Å²) in [5.41, 5.74) is 6.93. The predicted octanol–water partition coefficient (Wildman–Crippen LogP) is 8.48. The van der Waals surface area contributed by atoms with Gasteiger partial charge in [-0.15, -0.1) is 0 Å². The largest absolute Gasteiger partial charge is 0.733 e. The Morgan fingerprint density at radius 2 is 0.838 bits per heavy atom. The summed E-state index contributed by atoms with van der Waals surface area (Å²) in [6.07, 6.45) is 0. The molecule has 2 aliphatic heterocycles. The van der Waals surface area contributed by atoms with Crippen molar-refractivity contribution < 1.29 is 8.85 Å². The second-order valence-corrected chi connectivity index (χ2v) is 14.4. The third kappa shape index (κ3) is 3.80.